The highest BCUT2D eigenvalue weighted by Gasteiger charge is 2.55. The molecule has 1 unspecified atom stereocenters. The third-order valence-electron chi connectivity index (χ3n) is 5.42. The van der Waals surface area contributed by atoms with Gasteiger partial charge in [0.25, 0.3) is 0 Å². The van der Waals surface area contributed by atoms with Crippen LogP contribution in [0.25, 0.3) is 0 Å². The summed E-state index contributed by atoms with van der Waals surface area (Å²) in [4.78, 5) is 11.7. The normalized spacial score (nSPS) is 29.6. The number of allylic oxidation sites excluding steroid dienone is 3. The van der Waals surface area contributed by atoms with Gasteiger partial charge in [0.1, 0.15) is 0 Å². The van der Waals surface area contributed by atoms with Gasteiger partial charge < -0.3 is 14.6 Å². The minimum atomic E-state index is -0.405. The van der Waals surface area contributed by atoms with Gasteiger partial charge in [-0.2, -0.15) is 0 Å². The Hall–Kier alpha value is -1.59. The van der Waals surface area contributed by atoms with Crippen molar-refractivity contribution in [1.82, 2.24) is 0 Å². The van der Waals surface area contributed by atoms with Gasteiger partial charge >= 0.3 is 5.97 Å². The van der Waals surface area contributed by atoms with Gasteiger partial charge in [-0.25, -0.2) is 0 Å². The topological polar surface area (TPSA) is 55.8 Å². The molecule has 2 bridgehead atoms. The summed E-state index contributed by atoms with van der Waals surface area (Å²) in [5.41, 5.74) is 2.90. The maximum Gasteiger partial charge on any atom is 0.308 e. The standard InChI is InChI=1S/C19H19BrO4/c1-10(21)24-18-16(23-2)8-14(20)12-7-11-13-5-3-4-6-19(13,17(12)18)9-15(11)22/h4-6,8,11,15,22H,3,7,9H2,1-2H3/t11-,15?,19-/m0/s1. The van der Waals surface area contributed by atoms with Crippen molar-refractivity contribution in [2.45, 2.75) is 37.7 Å². The number of carbonyl (C=O) groups excluding carboxylic acids is 1. The number of ether oxygens (including phenoxy) is 2. The van der Waals surface area contributed by atoms with E-state index in [-0.39, 0.29) is 11.9 Å². The molecule has 3 aliphatic rings. The van der Waals surface area contributed by atoms with Gasteiger partial charge in [-0.15, -0.1) is 0 Å². The van der Waals surface area contributed by atoms with E-state index in [0.717, 1.165) is 28.4 Å². The lowest BCUT2D eigenvalue weighted by Gasteiger charge is -2.39. The molecular weight excluding hydrogens is 372 g/mol. The van der Waals surface area contributed by atoms with Crippen LogP contribution < -0.4 is 9.47 Å². The number of benzene rings is 1. The van der Waals surface area contributed by atoms with Crippen molar-refractivity contribution in [2.75, 3.05) is 7.11 Å². The quantitative estimate of drug-likeness (QED) is 0.477. The first-order valence-corrected chi connectivity index (χ1v) is 8.92. The van der Waals surface area contributed by atoms with Crippen LogP contribution in [0.3, 0.4) is 0 Å². The second kappa shape index (κ2) is 5.46. The van der Waals surface area contributed by atoms with Crippen LogP contribution in [-0.4, -0.2) is 24.3 Å². The van der Waals surface area contributed by atoms with Gasteiger partial charge in [-0.05, 0) is 30.9 Å². The summed E-state index contributed by atoms with van der Waals surface area (Å²) in [5, 5.41) is 10.7. The first-order valence-electron chi connectivity index (χ1n) is 8.12. The number of fused-ring (bicyclic) bond motifs is 1. The van der Waals surface area contributed by atoms with E-state index in [1.807, 2.05) is 6.07 Å². The number of aliphatic hydroxyl groups is 1. The molecule has 0 aromatic heterocycles. The molecule has 1 N–H and O–H groups in total. The van der Waals surface area contributed by atoms with Gasteiger partial charge in [-0.1, -0.05) is 39.7 Å². The van der Waals surface area contributed by atoms with Crippen LogP contribution in [0.5, 0.6) is 11.5 Å². The highest BCUT2D eigenvalue weighted by molar-refractivity contribution is 9.10. The highest BCUT2D eigenvalue weighted by atomic mass is 79.9. The number of carbonyl (C=O) groups is 1. The van der Waals surface area contributed by atoms with Crippen molar-refractivity contribution in [1.29, 1.82) is 0 Å². The van der Waals surface area contributed by atoms with Gasteiger partial charge in [0.15, 0.2) is 11.5 Å². The van der Waals surface area contributed by atoms with Crippen molar-refractivity contribution < 1.29 is 19.4 Å². The number of methoxy groups -OCH3 is 1. The first-order chi connectivity index (χ1) is 11.5. The van der Waals surface area contributed by atoms with Crippen LogP contribution in [-0.2, 0) is 16.6 Å². The van der Waals surface area contributed by atoms with Gasteiger partial charge in [0, 0.05) is 28.3 Å². The minimum Gasteiger partial charge on any atom is -0.493 e. The van der Waals surface area contributed by atoms with Crippen LogP contribution in [0, 0.1) is 5.92 Å². The van der Waals surface area contributed by atoms with Gasteiger partial charge in [0.05, 0.1) is 13.2 Å². The van der Waals surface area contributed by atoms with Crippen molar-refractivity contribution in [3.8, 4) is 11.5 Å². The molecular formula is C19H19BrO4. The summed E-state index contributed by atoms with van der Waals surface area (Å²) in [6, 6.07) is 1.85. The van der Waals surface area contributed by atoms with E-state index in [0.29, 0.717) is 17.9 Å². The lowest BCUT2D eigenvalue weighted by atomic mass is 9.65. The number of hydrogen-bond acceptors (Lipinski definition) is 4. The highest BCUT2D eigenvalue weighted by Crippen LogP contribution is 2.61. The Morgan fingerprint density at radius 1 is 1.46 bits per heavy atom. The molecule has 1 aromatic carbocycles. The average molecular weight is 391 g/mol. The van der Waals surface area contributed by atoms with Crippen LogP contribution >= 0.6 is 15.9 Å². The smallest absolute Gasteiger partial charge is 0.308 e. The predicted molar refractivity (Wildman–Crippen MR) is 93.3 cm³/mol. The fraction of sp³-hybridized carbons (Fsp3) is 0.421. The Kier molecular flexibility index (Phi) is 3.62. The lowest BCUT2D eigenvalue weighted by molar-refractivity contribution is -0.132. The SMILES string of the molecule is COc1cc(Br)c2c(c1OC(C)=O)[C@]13C=CCC=C1[C@H](C2)C(O)C3. The molecule has 1 saturated carbocycles. The number of hydrogen-bond donors (Lipinski definition) is 1. The molecule has 126 valence electrons. The van der Waals surface area contributed by atoms with Gasteiger partial charge in [-0.3, -0.25) is 4.79 Å². The van der Waals surface area contributed by atoms with E-state index in [2.05, 4.69) is 34.2 Å². The monoisotopic (exact) mass is 390 g/mol. The summed E-state index contributed by atoms with van der Waals surface area (Å²) < 4.78 is 12.0. The lowest BCUT2D eigenvalue weighted by Crippen LogP contribution is -2.32. The van der Waals surface area contributed by atoms with E-state index in [4.69, 9.17) is 9.47 Å². The summed E-state index contributed by atoms with van der Waals surface area (Å²) in [6.45, 7) is 1.40. The van der Waals surface area contributed by atoms with E-state index in [9.17, 15) is 9.90 Å². The third-order valence-corrected chi connectivity index (χ3v) is 6.13. The third kappa shape index (κ3) is 2.04. The molecule has 1 aromatic rings. The summed E-state index contributed by atoms with van der Waals surface area (Å²) in [6.07, 6.45) is 8.34. The van der Waals surface area contributed by atoms with Crippen molar-refractivity contribution >= 4 is 21.9 Å². The summed E-state index contributed by atoms with van der Waals surface area (Å²) in [5.74, 6) is 0.758. The predicted octanol–water partition coefficient (Wildman–Crippen LogP) is 3.44. The molecule has 0 heterocycles. The molecule has 24 heavy (non-hydrogen) atoms. The minimum absolute atomic E-state index is 0.123. The zero-order chi connectivity index (χ0) is 17.1. The fourth-order valence-corrected chi connectivity index (χ4v) is 5.17. The first kappa shape index (κ1) is 15.9. The van der Waals surface area contributed by atoms with E-state index in [1.54, 1.807) is 7.11 Å². The average Bonchev–Trinajstić information content (AvgIpc) is 2.75. The molecule has 0 saturated heterocycles. The molecule has 4 nitrogen and oxygen atoms in total. The zero-order valence-corrected chi connectivity index (χ0v) is 15.2. The Morgan fingerprint density at radius 2 is 2.25 bits per heavy atom. The zero-order valence-electron chi connectivity index (χ0n) is 13.6. The maximum atomic E-state index is 11.7. The molecule has 0 spiro atoms. The van der Waals surface area contributed by atoms with E-state index < -0.39 is 11.5 Å². The van der Waals surface area contributed by atoms with E-state index >= 15 is 0 Å². The summed E-state index contributed by atoms with van der Waals surface area (Å²) >= 11 is 3.64. The number of aliphatic hydroxyl groups excluding tert-OH is 1. The molecule has 4 rings (SSSR count). The van der Waals surface area contributed by atoms with Crippen LogP contribution in [0.2, 0.25) is 0 Å². The molecule has 0 amide bonds. The number of halogens is 1. The Balaban J connectivity index is 2.05. The largest absolute Gasteiger partial charge is 0.493 e. The van der Waals surface area contributed by atoms with E-state index in [1.165, 1.54) is 12.5 Å². The molecule has 3 atom stereocenters. The van der Waals surface area contributed by atoms with Crippen LogP contribution in [0.1, 0.15) is 30.9 Å². The summed E-state index contributed by atoms with van der Waals surface area (Å²) in [7, 11) is 1.57. The fourth-order valence-electron chi connectivity index (χ4n) is 4.60. The maximum absolute atomic E-state index is 11.7. The number of esters is 1. The van der Waals surface area contributed by atoms with Crippen LogP contribution in [0.15, 0.2) is 34.3 Å². The molecule has 5 heteroatoms. The van der Waals surface area contributed by atoms with Crippen molar-refractivity contribution in [3.63, 3.8) is 0 Å². The molecule has 0 radical (unpaired) electrons. The second-order valence-electron chi connectivity index (χ2n) is 6.69. The number of rotatable bonds is 2. The van der Waals surface area contributed by atoms with Gasteiger partial charge in [0.2, 0.25) is 0 Å². The Morgan fingerprint density at radius 3 is 2.96 bits per heavy atom. The molecule has 1 fully saturated rings. The Labute approximate surface area is 149 Å². The molecule has 0 aliphatic heterocycles. The van der Waals surface area contributed by atoms with Crippen molar-refractivity contribution in [2.24, 2.45) is 5.92 Å². The molecule has 3 aliphatic carbocycles. The second-order valence-corrected chi connectivity index (χ2v) is 7.54. The van der Waals surface area contributed by atoms with Crippen LogP contribution in [0.4, 0.5) is 0 Å². The van der Waals surface area contributed by atoms with Crippen molar-refractivity contribution in [3.05, 3.63) is 45.5 Å². The Bertz CT molecular complexity index is 795.